The molecule has 0 spiro atoms. The van der Waals surface area contributed by atoms with E-state index in [1.165, 1.54) is 56.2 Å². The van der Waals surface area contributed by atoms with Crippen molar-refractivity contribution in [2.24, 2.45) is 7.05 Å². The van der Waals surface area contributed by atoms with Gasteiger partial charge in [0.2, 0.25) is 11.1 Å². The van der Waals surface area contributed by atoms with Gasteiger partial charge in [0.25, 0.3) is 5.91 Å². The molecule has 2 aliphatic heterocycles. The zero-order valence-corrected chi connectivity index (χ0v) is 19.7. The number of carboxylic acids is 1. The van der Waals surface area contributed by atoms with Crippen molar-refractivity contribution in [2.75, 3.05) is 17.8 Å². The summed E-state index contributed by atoms with van der Waals surface area (Å²) in [6.45, 7) is 0. The molecule has 2 unspecified atom stereocenters. The molecule has 2 aliphatic rings. The molecule has 4 heterocycles. The van der Waals surface area contributed by atoms with Gasteiger partial charge in [0, 0.05) is 23.4 Å². The van der Waals surface area contributed by atoms with Crippen molar-refractivity contribution in [1.82, 2.24) is 30.4 Å². The fourth-order valence-corrected chi connectivity index (χ4v) is 7.40. The summed E-state index contributed by atoms with van der Waals surface area (Å²) >= 11 is 5.64. The van der Waals surface area contributed by atoms with Gasteiger partial charge in [-0.2, -0.15) is 0 Å². The fraction of sp³-hybridized carbons (Fsp3) is 0.412. The number of carbonyl (C=O) groups is 3. The standard InChI is InChI=1S/C17H18N6O4S4/c1-22-17(19-20-21-22)31-7-8-6-30-15-10(14(25)23(15)11(8)16(26)27)18-13(24)12(28-2)9-4-3-5-29-9/h3-5,10,12,15H,6-7H2,1-2H3,(H,18,24)(H,26,27)/t10?,12?,15-/m1/s1. The average molecular weight is 499 g/mol. The molecule has 0 saturated carbocycles. The highest BCUT2D eigenvalue weighted by molar-refractivity contribution is 8.01. The third-order valence-corrected chi connectivity index (χ3v) is 9.24. The third kappa shape index (κ3) is 4.21. The van der Waals surface area contributed by atoms with Gasteiger partial charge in [-0.15, -0.1) is 40.0 Å². The Morgan fingerprint density at radius 1 is 1.45 bits per heavy atom. The van der Waals surface area contributed by atoms with Crippen LogP contribution in [0.5, 0.6) is 0 Å². The number of hydrogen-bond donors (Lipinski definition) is 2. The first-order valence-electron chi connectivity index (χ1n) is 9.04. The largest absolute Gasteiger partial charge is 0.477 e. The van der Waals surface area contributed by atoms with E-state index in [1.807, 2.05) is 23.8 Å². The first kappa shape index (κ1) is 22.2. The summed E-state index contributed by atoms with van der Waals surface area (Å²) in [5.41, 5.74) is 0.613. The van der Waals surface area contributed by atoms with Gasteiger partial charge >= 0.3 is 5.97 Å². The average Bonchev–Trinajstić information content (AvgIpc) is 3.42. The molecule has 0 bridgehead atoms. The molecule has 1 fully saturated rings. The summed E-state index contributed by atoms with van der Waals surface area (Å²) in [6, 6.07) is 3.03. The molecule has 0 radical (unpaired) electrons. The highest BCUT2D eigenvalue weighted by atomic mass is 32.2. The van der Waals surface area contributed by atoms with E-state index >= 15 is 0 Å². The van der Waals surface area contributed by atoms with Crippen LogP contribution in [0.2, 0.25) is 0 Å². The van der Waals surface area contributed by atoms with E-state index in [-0.39, 0.29) is 11.6 Å². The summed E-state index contributed by atoms with van der Waals surface area (Å²) in [6.07, 6.45) is 1.84. The number of aliphatic carboxylic acids is 1. The van der Waals surface area contributed by atoms with Gasteiger partial charge in [0.05, 0.1) is 0 Å². The Morgan fingerprint density at radius 2 is 2.26 bits per heavy atom. The first-order valence-corrected chi connectivity index (χ1v) is 13.2. The van der Waals surface area contributed by atoms with Crippen LogP contribution >= 0.6 is 46.6 Å². The van der Waals surface area contributed by atoms with Crippen LogP contribution in [0.3, 0.4) is 0 Å². The minimum absolute atomic E-state index is 0.0125. The lowest BCUT2D eigenvalue weighted by Crippen LogP contribution is -2.70. The predicted octanol–water partition coefficient (Wildman–Crippen LogP) is 1.21. The predicted molar refractivity (Wildman–Crippen MR) is 120 cm³/mol. The second-order valence-electron chi connectivity index (χ2n) is 6.66. The molecule has 4 rings (SSSR count). The normalized spacial score (nSPS) is 21.5. The molecular weight excluding hydrogens is 480 g/mol. The van der Waals surface area contributed by atoms with Crippen LogP contribution in [0.4, 0.5) is 0 Å². The zero-order valence-electron chi connectivity index (χ0n) is 16.4. The Labute approximate surface area is 194 Å². The molecule has 31 heavy (non-hydrogen) atoms. The Balaban J connectivity index is 1.47. The molecule has 164 valence electrons. The Morgan fingerprint density at radius 3 is 2.87 bits per heavy atom. The van der Waals surface area contributed by atoms with Gasteiger partial charge < -0.3 is 10.4 Å². The number of β-lactam (4-membered cyclic amide) rings is 1. The van der Waals surface area contributed by atoms with Crippen LogP contribution < -0.4 is 5.32 Å². The van der Waals surface area contributed by atoms with Gasteiger partial charge in [-0.3, -0.25) is 14.5 Å². The number of carbonyl (C=O) groups excluding carboxylic acids is 2. The highest BCUT2D eigenvalue weighted by Crippen LogP contribution is 2.42. The Bertz CT molecular complexity index is 1040. The molecule has 2 amide bonds. The third-order valence-electron chi connectivity index (χ3n) is 4.78. The zero-order chi connectivity index (χ0) is 22.1. The number of amides is 2. The van der Waals surface area contributed by atoms with Crippen molar-refractivity contribution in [2.45, 2.75) is 21.8 Å². The number of carboxylic acid groups (broad SMARTS) is 1. The minimum Gasteiger partial charge on any atom is -0.477 e. The van der Waals surface area contributed by atoms with E-state index in [9.17, 15) is 19.5 Å². The molecule has 0 aliphatic carbocycles. The highest BCUT2D eigenvalue weighted by Gasteiger charge is 2.54. The van der Waals surface area contributed by atoms with Crippen LogP contribution in [0.1, 0.15) is 10.1 Å². The van der Waals surface area contributed by atoms with Crippen LogP contribution in [-0.2, 0) is 21.4 Å². The van der Waals surface area contributed by atoms with Crippen LogP contribution in [-0.4, -0.2) is 77.2 Å². The quantitative estimate of drug-likeness (QED) is 0.404. The van der Waals surface area contributed by atoms with Crippen molar-refractivity contribution in [3.63, 3.8) is 0 Å². The number of nitrogens with one attached hydrogen (secondary N) is 1. The minimum atomic E-state index is -1.16. The lowest BCUT2D eigenvalue weighted by molar-refractivity contribution is -0.150. The Kier molecular flexibility index (Phi) is 6.60. The number of nitrogens with zero attached hydrogens (tertiary/aromatic N) is 5. The summed E-state index contributed by atoms with van der Waals surface area (Å²) in [4.78, 5) is 39.8. The lowest BCUT2D eigenvalue weighted by atomic mass is 10.0. The number of aromatic nitrogens is 4. The van der Waals surface area contributed by atoms with Crippen molar-refractivity contribution in [3.05, 3.63) is 33.7 Å². The summed E-state index contributed by atoms with van der Waals surface area (Å²) in [5.74, 6) is -1.01. The molecule has 0 aromatic carbocycles. The fourth-order valence-electron chi connectivity index (χ4n) is 3.31. The van der Waals surface area contributed by atoms with Crippen LogP contribution in [0.25, 0.3) is 0 Å². The Hall–Kier alpha value is -2.03. The van der Waals surface area contributed by atoms with Crippen LogP contribution in [0.15, 0.2) is 33.9 Å². The van der Waals surface area contributed by atoms with Crippen molar-refractivity contribution in [3.8, 4) is 0 Å². The van der Waals surface area contributed by atoms with Crippen molar-refractivity contribution >= 4 is 64.4 Å². The van der Waals surface area contributed by atoms with Crippen molar-refractivity contribution < 1.29 is 19.5 Å². The monoisotopic (exact) mass is 498 g/mol. The molecule has 14 heteroatoms. The number of hydrogen-bond acceptors (Lipinski definition) is 10. The number of thioether (sulfide) groups is 3. The molecule has 10 nitrogen and oxygen atoms in total. The number of aryl methyl sites for hydroxylation is 1. The first-order chi connectivity index (χ1) is 14.9. The van der Waals surface area contributed by atoms with E-state index < -0.39 is 28.5 Å². The summed E-state index contributed by atoms with van der Waals surface area (Å²) in [7, 11) is 1.70. The number of rotatable bonds is 8. The summed E-state index contributed by atoms with van der Waals surface area (Å²) < 4.78 is 1.50. The van der Waals surface area contributed by atoms with E-state index in [1.54, 1.807) is 7.05 Å². The van der Waals surface area contributed by atoms with Gasteiger partial charge in [0.1, 0.15) is 22.4 Å². The molecule has 2 aromatic heterocycles. The molecule has 3 atom stereocenters. The van der Waals surface area contributed by atoms with Gasteiger partial charge in [-0.25, -0.2) is 9.48 Å². The maximum absolute atomic E-state index is 12.8. The van der Waals surface area contributed by atoms with E-state index in [4.69, 9.17) is 0 Å². The maximum Gasteiger partial charge on any atom is 0.352 e. The maximum atomic E-state index is 12.8. The molecule has 2 N–H and O–H groups in total. The van der Waals surface area contributed by atoms with E-state index in [0.717, 1.165) is 4.88 Å². The lowest BCUT2D eigenvalue weighted by Gasteiger charge is -2.49. The smallest absolute Gasteiger partial charge is 0.352 e. The van der Waals surface area contributed by atoms with Crippen molar-refractivity contribution in [1.29, 1.82) is 0 Å². The number of fused-ring (bicyclic) bond motifs is 1. The van der Waals surface area contributed by atoms with Crippen LogP contribution in [0, 0.1) is 0 Å². The van der Waals surface area contributed by atoms with Gasteiger partial charge in [0.15, 0.2) is 0 Å². The van der Waals surface area contributed by atoms with E-state index in [2.05, 4.69) is 20.8 Å². The van der Waals surface area contributed by atoms with Gasteiger partial charge in [-0.1, -0.05) is 17.8 Å². The molecule has 1 saturated heterocycles. The molecule has 2 aromatic rings. The van der Waals surface area contributed by atoms with E-state index in [0.29, 0.717) is 22.2 Å². The summed E-state index contributed by atoms with van der Waals surface area (Å²) in [5, 5.41) is 25.4. The SMILES string of the molecule is CSC(C(=O)NC1C(=O)N2C(C(=O)O)=C(CSc3nnnn3C)CS[C@H]12)c1cccs1. The second kappa shape index (κ2) is 9.22. The second-order valence-corrected chi connectivity index (χ2v) is 10.6. The topological polar surface area (TPSA) is 130 Å². The number of thiophene rings is 1. The van der Waals surface area contributed by atoms with Gasteiger partial charge in [-0.05, 0) is 33.7 Å². The molecular formula is C17H18N6O4S4. The number of tetrazole rings is 1.